The van der Waals surface area contributed by atoms with E-state index in [-0.39, 0.29) is 0 Å². The molecule has 0 aliphatic heterocycles. The van der Waals surface area contributed by atoms with Crippen LogP contribution < -0.4 is 9.47 Å². The average Bonchev–Trinajstić information content (AvgIpc) is 2.49. The van der Waals surface area contributed by atoms with Gasteiger partial charge >= 0.3 is 12.1 Å². The summed E-state index contributed by atoms with van der Waals surface area (Å²) in [5.41, 5.74) is -3.17. The highest BCUT2D eigenvalue weighted by molar-refractivity contribution is 5.92. The fraction of sp³-hybridized carbons (Fsp3) is 0.214. The van der Waals surface area contributed by atoms with Crippen LogP contribution in [-0.4, -0.2) is 28.4 Å². The maximum atomic E-state index is 13.6. The van der Waals surface area contributed by atoms with E-state index in [1.165, 1.54) is 0 Å². The van der Waals surface area contributed by atoms with Crippen molar-refractivity contribution in [3.8, 4) is 17.4 Å². The molecule has 25 heavy (non-hydrogen) atoms. The lowest BCUT2D eigenvalue weighted by Crippen LogP contribution is -2.17. The third kappa shape index (κ3) is 3.44. The van der Waals surface area contributed by atoms with Crippen LogP contribution in [0.15, 0.2) is 12.1 Å². The second-order valence-electron chi connectivity index (χ2n) is 4.65. The van der Waals surface area contributed by atoms with Gasteiger partial charge in [0.05, 0.1) is 7.11 Å². The highest BCUT2D eigenvalue weighted by Gasteiger charge is 2.38. The number of hydrogen-bond donors (Lipinski definition) is 1. The number of aromatic nitrogens is 2. The number of nitrogens with zero attached hydrogens (tertiary/aromatic N) is 2. The second kappa shape index (κ2) is 6.49. The molecule has 0 saturated carbocycles. The van der Waals surface area contributed by atoms with Gasteiger partial charge < -0.3 is 14.6 Å². The summed E-state index contributed by atoms with van der Waals surface area (Å²) in [6.45, 7) is 0.871. The van der Waals surface area contributed by atoms with Gasteiger partial charge in [-0.3, -0.25) is 0 Å². The first kappa shape index (κ1) is 18.4. The molecule has 0 amide bonds. The lowest BCUT2D eigenvalue weighted by molar-refractivity contribution is -0.142. The Morgan fingerprint density at radius 1 is 1.20 bits per heavy atom. The van der Waals surface area contributed by atoms with Crippen LogP contribution in [0, 0.1) is 18.6 Å². The zero-order chi connectivity index (χ0) is 18.9. The number of methoxy groups -OCH3 is 1. The van der Waals surface area contributed by atoms with Gasteiger partial charge in [-0.05, 0) is 19.1 Å². The van der Waals surface area contributed by atoms with Gasteiger partial charge in [0.25, 0.3) is 5.88 Å². The Kier molecular flexibility index (Phi) is 4.77. The number of aromatic carboxylic acids is 1. The van der Waals surface area contributed by atoms with E-state index in [0.29, 0.717) is 6.07 Å². The first-order chi connectivity index (χ1) is 11.6. The minimum atomic E-state index is -4.93. The molecule has 1 aromatic heterocycles. The number of carboxylic acid groups (broad SMARTS) is 1. The Hall–Kier alpha value is -2.98. The molecular weight excluding hydrogens is 355 g/mol. The molecule has 2 aromatic rings. The lowest BCUT2D eigenvalue weighted by Gasteiger charge is -2.15. The summed E-state index contributed by atoms with van der Waals surface area (Å²) in [4.78, 5) is 11.3. The zero-order valence-electron chi connectivity index (χ0n) is 12.6. The largest absolute Gasteiger partial charge is 0.490 e. The fourth-order valence-electron chi connectivity index (χ4n) is 1.98. The molecule has 0 aliphatic carbocycles. The van der Waals surface area contributed by atoms with Gasteiger partial charge in [0.15, 0.2) is 17.3 Å². The maximum Gasteiger partial charge on any atom is 0.435 e. The van der Waals surface area contributed by atoms with Crippen LogP contribution in [0.5, 0.6) is 17.4 Å². The van der Waals surface area contributed by atoms with Crippen LogP contribution >= 0.6 is 0 Å². The van der Waals surface area contributed by atoms with E-state index in [9.17, 15) is 26.7 Å². The molecule has 1 aromatic carbocycles. The predicted molar refractivity (Wildman–Crippen MR) is 71.7 cm³/mol. The predicted octanol–water partition coefficient (Wildman–Crippen LogP) is 3.58. The summed E-state index contributed by atoms with van der Waals surface area (Å²) in [7, 11) is 0.993. The smallest absolute Gasteiger partial charge is 0.435 e. The number of carboxylic acids is 1. The second-order valence-corrected chi connectivity index (χ2v) is 4.65. The van der Waals surface area contributed by atoms with Crippen molar-refractivity contribution in [2.75, 3.05) is 7.11 Å². The Morgan fingerprint density at radius 2 is 1.84 bits per heavy atom. The first-order valence-electron chi connectivity index (χ1n) is 6.45. The lowest BCUT2D eigenvalue weighted by atomic mass is 10.1. The van der Waals surface area contributed by atoms with Crippen molar-refractivity contribution in [2.45, 2.75) is 13.1 Å². The molecule has 0 radical (unpaired) electrons. The Bertz CT molecular complexity index is 839. The van der Waals surface area contributed by atoms with E-state index < -0.39 is 58.0 Å². The van der Waals surface area contributed by atoms with Gasteiger partial charge in [-0.25, -0.2) is 9.18 Å². The SMILES string of the molecule is COc1c(Oc2nnc(C(F)(F)F)c(C)c2C(=O)O)ccc(F)c1F. The van der Waals surface area contributed by atoms with E-state index in [2.05, 4.69) is 14.9 Å². The average molecular weight is 364 g/mol. The molecule has 0 saturated heterocycles. The summed E-state index contributed by atoms with van der Waals surface area (Å²) >= 11 is 0. The minimum Gasteiger partial charge on any atom is -0.490 e. The Labute approximate surface area is 136 Å². The van der Waals surface area contributed by atoms with E-state index in [1.807, 2.05) is 0 Å². The van der Waals surface area contributed by atoms with Crippen LogP contribution in [0.3, 0.4) is 0 Å². The summed E-state index contributed by atoms with van der Waals surface area (Å²) in [6.07, 6.45) is -4.93. The Balaban J connectivity index is 2.60. The molecule has 134 valence electrons. The summed E-state index contributed by atoms with van der Waals surface area (Å²) < 4.78 is 74.9. The summed E-state index contributed by atoms with van der Waals surface area (Å²) in [5.74, 6) is -6.49. The maximum absolute atomic E-state index is 13.6. The molecular formula is C14H9F5N2O4. The highest BCUT2D eigenvalue weighted by atomic mass is 19.4. The van der Waals surface area contributed by atoms with Crippen molar-refractivity contribution in [3.05, 3.63) is 40.6 Å². The van der Waals surface area contributed by atoms with Gasteiger partial charge in [-0.2, -0.15) is 17.6 Å². The molecule has 0 fully saturated rings. The number of halogens is 5. The quantitative estimate of drug-likeness (QED) is 0.836. The number of alkyl halides is 3. The molecule has 11 heteroatoms. The molecule has 1 heterocycles. The van der Waals surface area contributed by atoms with Crippen LogP contribution in [0.1, 0.15) is 21.6 Å². The third-order valence-corrected chi connectivity index (χ3v) is 3.09. The van der Waals surface area contributed by atoms with Gasteiger partial charge in [-0.1, -0.05) is 0 Å². The van der Waals surface area contributed by atoms with Crippen LogP contribution in [0.2, 0.25) is 0 Å². The van der Waals surface area contributed by atoms with Crippen LogP contribution in [0.25, 0.3) is 0 Å². The van der Waals surface area contributed by atoms with Gasteiger partial charge in [0, 0.05) is 5.56 Å². The molecule has 1 N–H and O–H groups in total. The van der Waals surface area contributed by atoms with Gasteiger partial charge in [0.1, 0.15) is 5.56 Å². The van der Waals surface area contributed by atoms with Crippen LogP contribution in [0.4, 0.5) is 22.0 Å². The first-order valence-corrected chi connectivity index (χ1v) is 6.45. The molecule has 0 spiro atoms. The Morgan fingerprint density at radius 3 is 2.36 bits per heavy atom. The zero-order valence-corrected chi connectivity index (χ0v) is 12.6. The number of benzene rings is 1. The van der Waals surface area contributed by atoms with Crippen molar-refractivity contribution in [1.82, 2.24) is 10.2 Å². The molecule has 2 rings (SSSR count). The molecule has 0 aliphatic rings. The van der Waals surface area contributed by atoms with Crippen molar-refractivity contribution < 1.29 is 41.3 Å². The summed E-state index contributed by atoms with van der Waals surface area (Å²) in [6, 6.07) is 1.57. The number of ether oxygens (including phenoxy) is 2. The normalized spacial score (nSPS) is 11.3. The van der Waals surface area contributed by atoms with E-state index in [4.69, 9.17) is 9.84 Å². The monoisotopic (exact) mass is 364 g/mol. The highest BCUT2D eigenvalue weighted by Crippen LogP contribution is 2.38. The molecule has 0 bridgehead atoms. The number of hydrogen-bond acceptors (Lipinski definition) is 5. The van der Waals surface area contributed by atoms with Crippen LogP contribution in [-0.2, 0) is 6.18 Å². The molecule has 0 atom stereocenters. The summed E-state index contributed by atoms with van der Waals surface area (Å²) in [5, 5.41) is 15.2. The minimum absolute atomic E-state index is 0.489. The number of carbonyl (C=O) groups is 1. The van der Waals surface area contributed by atoms with Crippen molar-refractivity contribution in [1.29, 1.82) is 0 Å². The molecule has 6 nitrogen and oxygen atoms in total. The molecule has 0 unspecified atom stereocenters. The van der Waals surface area contributed by atoms with Crippen molar-refractivity contribution in [2.24, 2.45) is 0 Å². The number of rotatable bonds is 4. The van der Waals surface area contributed by atoms with Gasteiger partial charge in [-0.15, -0.1) is 10.2 Å². The van der Waals surface area contributed by atoms with E-state index in [1.54, 1.807) is 0 Å². The van der Waals surface area contributed by atoms with Crippen molar-refractivity contribution >= 4 is 5.97 Å². The van der Waals surface area contributed by atoms with Gasteiger partial charge in [0.2, 0.25) is 11.6 Å². The topological polar surface area (TPSA) is 81.5 Å². The third-order valence-electron chi connectivity index (χ3n) is 3.09. The van der Waals surface area contributed by atoms with E-state index >= 15 is 0 Å². The van der Waals surface area contributed by atoms with E-state index in [0.717, 1.165) is 20.1 Å². The van der Waals surface area contributed by atoms with Crippen molar-refractivity contribution in [3.63, 3.8) is 0 Å². The standard InChI is InChI=1S/C14H9F5N2O4/c1-5-8(13(22)23)12(21-20-11(5)14(17,18)19)25-7-4-3-6(15)9(16)10(7)24-2/h3-4H,1-2H3,(H,22,23). The fourth-order valence-corrected chi connectivity index (χ4v) is 1.98.